The molecule has 0 unspecified atom stereocenters. The second kappa shape index (κ2) is 9.06. The van der Waals surface area contributed by atoms with E-state index in [0.717, 1.165) is 28.6 Å². The molecule has 5 rings (SSSR count). The number of rotatable bonds is 7. The number of hydrogen-bond donors (Lipinski definition) is 1. The monoisotopic (exact) mass is 475 g/mol. The Labute approximate surface area is 201 Å². The topological polar surface area (TPSA) is 54.3 Å². The average Bonchev–Trinajstić information content (AvgIpc) is 3.44. The van der Waals surface area contributed by atoms with Crippen molar-refractivity contribution in [3.05, 3.63) is 94.7 Å². The highest BCUT2D eigenvalue weighted by molar-refractivity contribution is 7.16. The Hall–Kier alpha value is -3.45. The molecule has 3 heterocycles. The SMILES string of the molecule is C[C@@]1(C(=O)NCc2ccc(F)cc2)Cn2c(cc3ccsc32)C(=O)N1CCCc1ccccc1. The normalized spacial score (nSPS) is 17.7. The molecule has 2 aromatic heterocycles. The molecular weight excluding hydrogens is 449 g/mol. The van der Waals surface area contributed by atoms with Crippen LogP contribution in [0.3, 0.4) is 0 Å². The Morgan fingerprint density at radius 1 is 1.09 bits per heavy atom. The minimum atomic E-state index is -1.04. The van der Waals surface area contributed by atoms with Gasteiger partial charge in [-0.2, -0.15) is 0 Å². The fourth-order valence-electron chi connectivity index (χ4n) is 4.67. The van der Waals surface area contributed by atoms with Gasteiger partial charge in [-0.3, -0.25) is 9.59 Å². The van der Waals surface area contributed by atoms with Crippen LogP contribution in [0.4, 0.5) is 4.39 Å². The van der Waals surface area contributed by atoms with Crippen molar-refractivity contribution in [3.8, 4) is 0 Å². The number of nitrogens with zero attached hydrogens (tertiary/aromatic N) is 2. The maximum atomic E-state index is 13.6. The number of halogens is 1. The van der Waals surface area contributed by atoms with Crippen LogP contribution in [0.2, 0.25) is 0 Å². The van der Waals surface area contributed by atoms with Crippen molar-refractivity contribution in [2.75, 3.05) is 6.54 Å². The number of aromatic nitrogens is 1. The summed E-state index contributed by atoms with van der Waals surface area (Å²) in [4.78, 5) is 29.9. The summed E-state index contributed by atoms with van der Waals surface area (Å²) < 4.78 is 15.2. The number of nitrogens with one attached hydrogen (secondary N) is 1. The summed E-state index contributed by atoms with van der Waals surface area (Å²) in [6.07, 6.45) is 1.58. The lowest BCUT2D eigenvalue weighted by Gasteiger charge is -2.44. The molecule has 1 atom stereocenters. The van der Waals surface area contributed by atoms with Crippen molar-refractivity contribution in [3.63, 3.8) is 0 Å². The van der Waals surface area contributed by atoms with Crippen molar-refractivity contribution >= 4 is 33.4 Å². The van der Waals surface area contributed by atoms with Gasteiger partial charge in [0.1, 0.15) is 21.9 Å². The Kier molecular flexibility index (Phi) is 5.96. The molecule has 0 saturated heterocycles. The fourth-order valence-corrected chi connectivity index (χ4v) is 5.57. The van der Waals surface area contributed by atoms with Crippen molar-refractivity contribution in [1.82, 2.24) is 14.8 Å². The molecule has 0 fully saturated rings. The summed E-state index contributed by atoms with van der Waals surface area (Å²) >= 11 is 1.58. The summed E-state index contributed by atoms with van der Waals surface area (Å²) in [7, 11) is 0. The predicted molar refractivity (Wildman–Crippen MR) is 132 cm³/mol. The van der Waals surface area contributed by atoms with Crippen LogP contribution < -0.4 is 5.32 Å². The molecule has 1 N–H and O–H groups in total. The first-order chi connectivity index (χ1) is 16.5. The average molecular weight is 476 g/mol. The third-order valence-electron chi connectivity index (χ3n) is 6.57. The number of fused-ring (bicyclic) bond motifs is 3. The molecule has 0 saturated carbocycles. The predicted octanol–water partition coefficient (Wildman–Crippen LogP) is 5.01. The Morgan fingerprint density at radius 3 is 2.62 bits per heavy atom. The highest BCUT2D eigenvalue weighted by atomic mass is 32.1. The number of amides is 2. The smallest absolute Gasteiger partial charge is 0.271 e. The second-order valence-electron chi connectivity index (χ2n) is 8.93. The van der Waals surface area contributed by atoms with E-state index >= 15 is 0 Å². The number of carbonyl (C=O) groups excluding carboxylic acids is 2. The lowest BCUT2D eigenvalue weighted by Crippen LogP contribution is -2.64. The Bertz CT molecular complexity index is 1330. The first-order valence-electron chi connectivity index (χ1n) is 11.4. The van der Waals surface area contributed by atoms with Gasteiger partial charge >= 0.3 is 0 Å². The van der Waals surface area contributed by atoms with Crippen LogP contribution in [0.1, 0.15) is 35.0 Å². The van der Waals surface area contributed by atoms with Crippen LogP contribution in [0.5, 0.6) is 0 Å². The summed E-state index contributed by atoms with van der Waals surface area (Å²) in [6.45, 7) is 2.98. The third-order valence-corrected chi connectivity index (χ3v) is 7.53. The van der Waals surface area contributed by atoms with Crippen LogP contribution in [0.15, 0.2) is 72.1 Å². The standard InChI is InChI=1S/C27H26FN3O2S/c1-27(26(33)29-17-20-9-11-22(28)12-10-20)18-30-23(16-21-13-15-34-25(21)30)24(32)31(27)14-5-8-19-6-3-2-4-7-19/h2-4,6-7,9-13,15-16H,5,8,14,17-18H2,1H3,(H,29,33)/t27-/m0/s1. The van der Waals surface area contributed by atoms with Crippen LogP contribution in [-0.4, -0.2) is 33.4 Å². The van der Waals surface area contributed by atoms with E-state index in [1.165, 1.54) is 17.7 Å². The minimum Gasteiger partial charge on any atom is -0.350 e. The molecule has 2 aromatic carbocycles. The lowest BCUT2D eigenvalue weighted by atomic mass is 9.94. The molecule has 5 nitrogen and oxygen atoms in total. The zero-order chi connectivity index (χ0) is 23.7. The first-order valence-corrected chi connectivity index (χ1v) is 12.3. The maximum absolute atomic E-state index is 13.6. The highest BCUT2D eigenvalue weighted by Gasteiger charge is 2.47. The van der Waals surface area contributed by atoms with E-state index in [-0.39, 0.29) is 24.2 Å². The van der Waals surface area contributed by atoms with Crippen molar-refractivity contribution in [1.29, 1.82) is 0 Å². The zero-order valence-electron chi connectivity index (χ0n) is 19.0. The zero-order valence-corrected chi connectivity index (χ0v) is 19.8. The van der Waals surface area contributed by atoms with Crippen LogP contribution in [0, 0.1) is 5.82 Å². The van der Waals surface area contributed by atoms with E-state index < -0.39 is 5.54 Å². The van der Waals surface area contributed by atoms with Gasteiger partial charge in [-0.1, -0.05) is 42.5 Å². The highest BCUT2D eigenvalue weighted by Crippen LogP contribution is 2.34. The molecule has 0 aliphatic carbocycles. The van der Waals surface area contributed by atoms with E-state index in [4.69, 9.17) is 0 Å². The number of thiophene rings is 1. The number of benzene rings is 2. The van der Waals surface area contributed by atoms with E-state index in [0.29, 0.717) is 18.8 Å². The van der Waals surface area contributed by atoms with Crippen LogP contribution >= 0.6 is 11.3 Å². The molecule has 1 aliphatic rings. The van der Waals surface area contributed by atoms with Gasteiger partial charge < -0.3 is 14.8 Å². The first kappa shape index (κ1) is 22.3. The summed E-state index contributed by atoms with van der Waals surface area (Å²) in [5.74, 6) is -0.652. The van der Waals surface area contributed by atoms with E-state index in [2.05, 4.69) is 17.4 Å². The molecular formula is C27H26FN3O2S. The van der Waals surface area contributed by atoms with Crippen LogP contribution in [-0.2, 0) is 24.3 Å². The van der Waals surface area contributed by atoms with Gasteiger partial charge in [0.2, 0.25) is 5.91 Å². The van der Waals surface area contributed by atoms with E-state index in [1.807, 2.05) is 47.2 Å². The van der Waals surface area contributed by atoms with Crippen molar-refractivity contribution < 1.29 is 14.0 Å². The molecule has 2 amide bonds. The third kappa shape index (κ3) is 4.12. The van der Waals surface area contributed by atoms with Gasteiger partial charge in [0, 0.05) is 18.5 Å². The van der Waals surface area contributed by atoms with Gasteiger partial charge in [-0.05, 0) is 60.5 Å². The maximum Gasteiger partial charge on any atom is 0.271 e. The number of aryl methyl sites for hydroxylation is 1. The van der Waals surface area contributed by atoms with Crippen molar-refractivity contribution in [2.24, 2.45) is 0 Å². The summed E-state index contributed by atoms with van der Waals surface area (Å²) in [5, 5.41) is 6.01. The van der Waals surface area contributed by atoms with Gasteiger partial charge in [-0.25, -0.2) is 4.39 Å². The van der Waals surface area contributed by atoms with Crippen molar-refractivity contribution in [2.45, 2.75) is 38.4 Å². The molecule has 4 aromatic rings. The van der Waals surface area contributed by atoms with E-state index in [9.17, 15) is 14.0 Å². The minimum absolute atomic E-state index is 0.123. The molecule has 0 spiro atoms. The lowest BCUT2D eigenvalue weighted by molar-refractivity contribution is -0.133. The Balaban J connectivity index is 1.40. The van der Waals surface area contributed by atoms with Gasteiger partial charge in [0.05, 0.1) is 6.54 Å². The molecule has 0 radical (unpaired) electrons. The van der Waals surface area contributed by atoms with Gasteiger partial charge in [0.15, 0.2) is 0 Å². The van der Waals surface area contributed by atoms with Gasteiger partial charge in [0.25, 0.3) is 5.91 Å². The van der Waals surface area contributed by atoms with Crippen LogP contribution in [0.25, 0.3) is 10.2 Å². The Morgan fingerprint density at radius 2 is 1.85 bits per heavy atom. The summed E-state index contributed by atoms with van der Waals surface area (Å²) in [5.41, 5.74) is 1.60. The fraction of sp³-hybridized carbons (Fsp3) is 0.259. The number of hydrogen-bond acceptors (Lipinski definition) is 3. The van der Waals surface area contributed by atoms with E-state index in [1.54, 1.807) is 28.4 Å². The molecule has 1 aliphatic heterocycles. The summed E-state index contributed by atoms with van der Waals surface area (Å²) in [6, 6.07) is 20.1. The molecule has 0 bridgehead atoms. The largest absolute Gasteiger partial charge is 0.350 e. The van der Waals surface area contributed by atoms with Gasteiger partial charge in [-0.15, -0.1) is 11.3 Å². The number of carbonyl (C=O) groups is 2. The second-order valence-corrected chi connectivity index (χ2v) is 9.82. The molecule has 7 heteroatoms. The molecule has 34 heavy (non-hydrogen) atoms. The quantitative estimate of drug-likeness (QED) is 0.409. The molecule has 174 valence electrons.